The molecule has 41 heavy (non-hydrogen) atoms. The first-order valence-electron chi connectivity index (χ1n) is 14.9. The lowest BCUT2D eigenvalue weighted by Gasteiger charge is -2.31. The van der Waals surface area contributed by atoms with Crippen LogP contribution in [0, 0.1) is 5.41 Å². The van der Waals surface area contributed by atoms with E-state index < -0.39 is 17.5 Å². The summed E-state index contributed by atoms with van der Waals surface area (Å²) < 4.78 is 0. The molecule has 7 nitrogen and oxygen atoms in total. The van der Waals surface area contributed by atoms with E-state index in [0.717, 1.165) is 48.9 Å². The molecule has 3 aliphatic rings. The van der Waals surface area contributed by atoms with Gasteiger partial charge in [0.1, 0.15) is 0 Å². The van der Waals surface area contributed by atoms with Gasteiger partial charge in [-0.05, 0) is 60.9 Å². The summed E-state index contributed by atoms with van der Waals surface area (Å²) in [6.07, 6.45) is 6.74. The molecule has 0 saturated carbocycles. The molecular weight excluding hydrogens is 514 g/mol. The number of carbonyl (C=O) groups is 4. The van der Waals surface area contributed by atoms with Gasteiger partial charge < -0.3 is 15.5 Å². The Bertz CT molecular complexity index is 1330. The molecule has 0 aromatic heterocycles. The average molecular weight is 556 g/mol. The molecule has 7 heteroatoms. The van der Waals surface area contributed by atoms with Crippen molar-refractivity contribution in [2.75, 3.05) is 13.1 Å². The Kier molecular flexibility index (Phi) is 8.83. The molecular formula is C34H41N3O4. The average Bonchev–Trinajstić information content (AvgIpc) is 3.74. The van der Waals surface area contributed by atoms with E-state index in [1.807, 2.05) is 42.5 Å². The maximum Gasteiger partial charge on any atom is 0.240 e. The molecule has 2 aliphatic heterocycles. The quantitative estimate of drug-likeness (QED) is 0.436. The molecule has 3 atom stereocenters. The van der Waals surface area contributed by atoms with E-state index in [1.165, 1.54) is 5.56 Å². The number of amides is 2. The van der Waals surface area contributed by atoms with Crippen LogP contribution < -0.4 is 10.6 Å². The van der Waals surface area contributed by atoms with Gasteiger partial charge in [0.15, 0.2) is 11.6 Å². The van der Waals surface area contributed by atoms with Gasteiger partial charge in [-0.2, -0.15) is 0 Å². The molecule has 2 aromatic carbocycles. The zero-order valence-corrected chi connectivity index (χ0v) is 24.2. The topological polar surface area (TPSA) is 95.6 Å². The fourth-order valence-corrected chi connectivity index (χ4v) is 6.38. The van der Waals surface area contributed by atoms with Crippen LogP contribution in [0.4, 0.5) is 0 Å². The van der Waals surface area contributed by atoms with Gasteiger partial charge in [0, 0.05) is 25.8 Å². The Morgan fingerprint density at radius 1 is 1.00 bits per heavy atom. The number of rotatable bonds is 11. The maximum atomic E-state index is 13.7. The second-order valence-corrected chi connectivity index (χ2v) is 12.3. The van der Waals surface area contributed by atoms with Crippen LogP contribution in [0.3, 0.4) is 0 Å². The molecule has 0 radical (unpaired) electrons. The van der Waals surface area contributed by atoms with E-state index in [-0.39, 0.29) is 42.3 Å². The van der Waals surface area contributed by atoms with Crippen LogP contribution in [-0.2, 0) is 32.0 Å². The predicted octanol–water partition coefficient (Wildman–Crippen LogP) is 4.04. The highest BCUT2D eigenvalue weighted by atomic mass is 16.2. The molecule has 2 N–H and O–H groups in total. The number of hydrogen-bond acceptors (Lipinski definition) is 5. The minimum atomic E-state index is -1.03. The summed E-state index contributed by atoms with van der Waals surface area (Å²) in [5, 5.41) is 6.28. The van der Waals surface area contributed by atoms with Gasteiger partial charge in [-0.15, -0.1) is 0 Å². The van der Waals surface area contributed by atoms with Crippen LogP contribution >= 0.6 is 0 Å². The molecule has 2 fully saturated rings. The Labute approximate surface area is 242 Å². The normalized spacial score (nSPS) is 20.8. The molecule has 2 aromatic rings. The first-order chi connectivity index (χ1) is 19.7. The molecule has 0 bridgehead atoms. The van der Waals surface area contributed by atoms with Gasteiger partial charge in [-0.25, -0.2) is 0 Å². The van der Waals surface area contributed by atoms with Crippen LogP contribution in [0.15, 0.2) is 60.7 Å². The molecule has 1 unspecified atom stereocenters. The van der Waals surface area contributed by atoms with Gasteiger partial charge >= 0.3 is 0 Å². The fraction of sp³-hybridized carbons (Fsp3) is 0.471. The summed E-state index contributed by atoms with van der Waals surface area (Å²) in [7, 11) is 0. The second-order valence-electron chi connectivity index (χ2n) is 12.3. The molecule has 2 amide bonds. The van der Waals surface area contributed by atoms with Gasteiger partial charge in [-0.3, -0.25) is 19.2 Å². The molecule has 2 heterocycles. The number of carbonyl (C=O) groups excluding carboxylic acids is 4. The molecule has 1 aliphatic carbocycles. The number of benzene rings is 2. The highest BCUT2D eigenvalue weighted by Gasteiger charge is 2.41. The minimum Gasteiger partial charge on any atom is -0.345 e. The van der Waals surface area contributed by atoms with Crippen molar-refractivity contribution in [3.05, 3.63) is 77.4 Å². The lowest BCUT2D eigenvalue weighted by atomic mass is 9.83. The lowest BCUT2D eigenvalue weighted by Crippen LogP contribution is -2.51. The van der Waals surface area contributed by atoms with Crippen molar-refractivity contribution >= 4 is 29.0 Å². The van der Waals surface area contributed by atoms with E-state index in [0.29, 0.717) is 19.4 Å². The Hall–Kier alpha value is -3.58. The lowest BCUT2D eigenvalue weighted by molar-refractivity contribution is -0.141. The summed E-state index contributed by atoms with van der Waals surface area (Å²) in [5.74, 6) is -0.475. The first kappa shape index (κ1) is 28.9. The number of fused-ring (bicyclic) bond motifs is 1. The van der Waals surface area contributed by atoms with Crippen molar-refractivity contribution in [1.29, 1.82) is 0 Å². The second kappa shape index (κ2) is 12.5. The van der Waals surface area contributed by atoms with Crippen LogP contribution in [0.5, 0.6) is 0 Å². The smallest absolute Gasteiger partial charge is 0.240 e. The number of nitrogens with one attached hydrogen (secondary N) is 2. The summed E-state index contributed by atoms with van der Waals surface area (Å²) >= 11 is 0. The maximum absolute atomic E-state index is 13.7. The standard InChI is InChI=1S/C34H41N3O4/c1-34(2,22-31(39)29-15-9-19-37(29)32(40)27-14-8-18-35-27)33(41)36-28(30(38)20-23-10-4-3-5-11-23)21-25-17-16-24-12-6-7-13-26(24)25/h3-7,10-13,17,27-29,35H,8-9,14-16,18-22H2,1-2H3,(H,36,41)/t27-,28?,29-/m0/s1. The Balaban J connectivity index is 1.28. The van der Waals surface area contributed by atoms with E-state index in [9.17, 15) is 19.2 Å². The van der Waals surface area contributed by atoms with Crippen LogP contribution in [-0.4, -0.2) is 59.5 Å². The van der Waals surface area contributed by atoms with Gasteiger partial charge in [0.25, 0.3) is 0 Å². The third-order valence-electron chi connectivity index (χ3n) is 8.77. The zero-order valence-electron chi connectivity index (χ0n) is 24.2. The third kappa shape index (κ3) is 6.67. The number of hydrogen-bond donors (Lipinski definition) is 2. The monoisotopic (exact) mass is 555 g/mol. The molecule has 216 valence electrons. The summed E-state index contributed by atoms with van der Waals surface area (Å²) in [5.41, 5.74) is 3.26. The molecule has 2 saturated heterocycles. The van der Waals surface area contributed by atoms with E-state index in [2.05, 4.69) is 28.8 Å². The largest absolute Gasteiger partial charge is 0.345 e. The highest BCUT2D eigenvalue weighted by molar-refractivity contribution is 5.97. The number of nitrogens with zero attached hydrogens (tertiary/aromatic N) is 1. The Morgan fingerprint density at radius 3 is 2.51 bits per heavy atom. The summed E-state index contributed by atoms with van der Waals surface area (Å²) in [4.78, 5) is 55.6. The summed E-state index contributed by atoms with van der Waals surface area (Å²) in [6.45, 7) is 4.90. The van der Waals surface area contributed by atoms with Crippen molar-refractivity contribution in [3.63, 3.8) is 0 Å². The fourth-order valence-electron chi connectivity index (χ4n) is 6.38. The van der Waals surface area contributed by atoms with Crippen molar-refractivity contribution in [3.8, 4) is 0 Å². The van der Waals surface area contributed by atoms with Crippen molar-refractivity contribution < 1.29 is 19.2 Å². The highest BCUT2D eigenvalue weighted by Crippen LogP contribution is 2.32. The number of Topliss-reactive ketones (excluding diaryl/α,β-unsaturated/α-hetero) is 2. The molecule has 5 rings (SSSR count). The van der Waals surface area contributed by atoms with Gasteiger partial charge in [0.05, 0.1) is 23.5 Å². The first-order valence-corrected chi connectivity index (χ1v) is 14.9. The van der Waals surface area contributed by atoms with Crippen LogP contribution in [0.1, 0.15) is 69.1 Å². The predicted molar refractivity (Wildman–Crippen MR) is 159 cm³/mol. The van der Waals surface area contributed by atoms with Crippen molar-refractivity contribution in [2.24, 2.45) is 5.41 Å². The minimum absolute atomic E-state index is 0.00250. The molecule has 0 spiro atoms. The van der Waals surface area contributed by atoms with Crippen molar-refractivity contribution in [2.45, 2.75) is 83.3 Å². The van der Waals surface area contributed by atoms with E-state index >= 15 is 0 Å². The SMILES string of the molecule is CC(C)(CC(=O)[C@@H]1CCCN1C(=O)[C@@H]1CCCN1)C(=O)NC(CC1=CCc2ccccc21)C(=O)Cc1ccccc1. The Morgan fingerprint density at radius 2 is 1.76 bits per heavy atom. The number of ketones is 2. The zero-order chi connectivity index (χ0) is 29.0. The number of likely N-dealkylation sites (tertiary alicyclic amines) is 1. The van der Waals surface area contributed by atoms with Gasteiger partial charge in [-0.1, -0.05) is 74.5 Å². The van der Waals surface area contributed by atoms with E-state index in [4.69, 9.17) is 0 Å². The van der Waals surface area contributed by atoms with Gasteiger partial charge in [0.2, 0.25) is 11.8 Å². The third-order valence-corrected chi connectivity index (χ3v) is 8.77. The van der Waals surface area contributed by atoms with Crippen LogP contribution in [0.25, 0.3) is 5.57 Å². The number of allylic oxidation sites excluding steroid dienone is 1. The summed E-state index contributed by atoms with van der Waals surface area (Å²) in [6, 6.07) is 16.3. The van der Waals surface area contributed by atoms with Crippen molar-refractivity contribution in [1.82, 2.24) is 15.5 Å². The van der Waals surface area contributed by atoms with E-state index in [1.54, 1.807) is 18.7 Å². The van der Waals surface area contributed by atoms with Crippen LogP contribution in [0.2, 0.25) is 0 Å².